The first-order valence-electron chi connectivity index (χ1n) is 9.50. The van der Waals surface area contributed by atoms with Gasteiger partial charge in [0.2, 0.25) is 0 Å². The lowest BCUT2D eigenvalue weighted by molar-refractivity contribution is -0.129. The van der Waals surface area contributed by atoms with Crippen molar-refractivity contribution in [2.45, 2.75) is 51.2 Å². The molecule has 0 aliphatic carbocycles. The topological polar surface area (TPSA) is 32.8 Å². The third-order valence-electron chi connectivity index (χ3n) is 5.85. The average molecular weight is 348 g/mol. The minimum atomic E-state index is -0.313. The number of halogens is 1. The molecule has 2 aliphatic heterocycles. The summed E-state index contributed by atoms with van der Waals surface area (Å²) in [6, 6.07) is 6.41. The molecule has 1 atom stereocenters. The van der Waals surface area contributed by atoms with E-state index in [1.165, 1.54) is 12.1 Å². The van der Waals surface area contributed by atoms with Gasteiger partial charge in [0.15, 0.2) is 0 Å². The summed E-state index contributed by atoms with van der Waals surface area (Å²) in [5.74, 6) is -0.321. The number of hydrogen-bond donors (Lipinski definition) is 0. The Hall–Kier alpha value is -1.46. The van der Waals surface area contributed by atoms with E-state index in [4.69, 9.17) is 4.74 Å². The summed E-state index contributed by atoms with van der Waals surface area (Å²) in [7, 11) is 0. The second kappa shape index (κ2) is 7.83. The van der Waals surface area contributed by atoms with Gasteiger partial charge in [-0.3, -0.25) is 4.79 Å². The highest BCUT2D eigenvalue weighted by molar-refractivity contribution is 5.94. The smallest absolute Gasteiger partial charge is 0.253 e. The summed E-state index contributed by atoms with van der Waals surface area (Å²) >= 11 is 0. The van der Waals surface area contributed by atoms with Crippen molar-refractivity contribution in [1.82, 2.24) is 9.80 Å². The van der Waals surface area contributed by atoms with E-state index < -0.39 is 0 Å². The lowest BCUT2D eigenvalue weighted by Crippen LogP contribution is -2.54. The molecule has 2 saturated heterocycles. The normalized spacial score (nSPS) is 23.2. The Morgan fingerprint density at radius 1 is 1.24 bits per heavy atom. The minimum Gasteiger partial charge on any atom is -0.375 e. The number of carbonyl (C=O) groups is 1. The Morgan fingerprint density at radius 3 is 2.48 bits per heavy atom. The predicted molar refractivity (Wildman–Crippen MR) is 96.2 cm³/mol. The summed E-state index contributed by atoms with van der Waals surface area (Å²) in [4.78, 5) is 17.0. The quantitative estimate of drug-likeness (QED) is 0.837. The lowest BCUT2D eigenvalue weighted by atomic mass is 9.81. The number of ether oxygens (including phenoxy) is 1. The maximum Gasteiger partial charge on any atom is 0.253 e. The molecule has 4 nitrogen and oxygen atoms in total. The highest BCUT2D eigenvalue weighted by Gasteiger charge is 2.42. The second-order valence-electron chi connectivity index (χ2n) is 7.20. The largest absolute Gasteiger partial charge is 0.375 e. The fraction of sp³-hybridized carbons (Fsp3) is 0.650. The van der Waals surface area contributed by atoms with Crippen LogP contribution in [0.25, 0.3) is 0 Å². The second-order valence-corrected chi connectivity index (χ2v) is 7.20. The van der Waals surface area contributed by atoms with Gasteiger partial charge in [-0.05, 0) is 63.0 Å². The van der Waals surface area contributed by atoms with Crippen molar-refractivity contribution in [3.8, 4) is 0 Å². The zero-order chi connectivity index (χ0) is 17.9. The van der Waals surface area contributed by atoms with Crippen molar-refractivity contribution in [2.75, 3.05) is 32.8 Å². The molecule has 2 heterocycles. The van der Waals surface area contributed by atoms with Crippen molar-refractivity contribution < 1.29 is 13.9 Å². The van der Waals surface area contributed by atoms with Crippen LogP contribution in [-0.2, 0) is 4.74 Å². The van der Waals surface area contributed by atoms with Crippen LogP contribution < -0.4 is 0 Å². The Labute approximate surface area is 149 Å². The number of hydrogen-bond acceptors (Lipinski definition) is 3. The summed E-state index contributed by atoms with van der Waals surface area (Å²) in [5, 5.41) is 0. The van der Waals surface area contributed by atoms with Gasteiger partial charge in [-0.1, -0.05) is 13.8 Å². The molecule has 0 radical (unpaired) electrons. The molecule has 25 heavy (non-hydrogen) atoms. The first kappa shape index (κ1) is 18.3. The number of amides is 1. The van der Waals surface area contributed by atoms with Gasteiger partial charge in [-0.25, -0.2) is 4.39 Å². The molecule has 0 bridgehead atoms. The summed E-state index contributed by atoms with van der Waals surface area (Å²) in [6.07, 6.45) is 3.93. The molecule has 1 spiro atoms. The van der Waals surface area contributed by atoms with E-state index in [-0.39, 0.29) is 17.3 Å². The zero-order valence-electron chi connectivity index (χ0n) is 15.3. The molecule has 0 aromatic heterocycles. The van der Waals surface area contributed by atoms with Crippen LogP contribution in [0.3, 0.4) is 0 Å². The molecule has 5 heteroatoms. The summed E-state index contributed by atoms with van der Waals surface area (Å²) in [6.45, 7) is 8.82. The number of piperidine rings is 1. The van der Waals surface area contributed by atoms with Gasteiger partial charge in [0.25, 0.3) is 5.91 Å². The van der Waals surface area contributed by atoms with Gasteiger partial charge in [-0.15, -0.1) is 0 Å². The van der Waals surface area contributed by atoms with E-state index in [0.717, 1.165) is 45.4 Å². The number of likely N-dealkylation sites (tertiary alicyclic amines) is 1. The minimum absolute atomic E-state index is 0.00838. The Bertz CT molecular complexity index is 578. The molecule has 1 aromatic rings. The first-order chi connectivity index (χ1) is 12.1. The maximum absolute atomic E-state index is 13.0. The van der Waals surface area contributed by atoms with E-state index in [2.05, 4.69) is 18.7 Å². The molecule has 2 fully saturated rings. The van der Waals surface area contributed by atoms with E-state index in [1.807, 2.05) is 4.90 Å². The van der Waals surface area contributed by atoms with E-state index in [0.29, 0.717) is 24.7 Å². The molecule has 138 valence electrons. The van der Waals surface area contributed by atoms with Crippen LogP contribution in [0, 0.1) is 5.82 Å². The Morgan fingerprint density at radius 2 is 1.88 bits per heavy atom. The number of carbonyl (C=O) groups excluding carboxylic acids is 1. The van der Waals surface area contributed by atoms with Crippen LogP contribution in [0.4, 0.5) is 4.39 Å². The van der Waals surface area contributed by atoms with Crippen molar-refractivity contribution in [3.05, 3.63) is 35.6 Å². The lowest BCUT2D eigenvalue weighted by Gasteiger charge is -2.48. The molecule has 0 saturated carbocycles. The molecular formula is C20H29FN2O2. The van der Waals surface area contributed by atoms with Gasteiger partial charge in [0.1, 0.15) is 5.82 Å². The molecule has 2 aliphatic rings. The van der Waals surface area contributed by atoms with Crippen LogP contribution in [0.5, 0.6) is 0 Å². The third kappa shape index (κ3) is 4.04. The molecule has 1 aromatic carbocycles. The molecule has 1 unspecified atom stereocenters. The fourth-order valence-electron chi connectivity index (χ4n) is 4.29. The van der Waals surface area contributed by atoms with Crippen LogP contribution >= 0.6 is 0 Å². The highest BCUT2D eigenvalue weighted by atomic mass is 19.1. The van der Waals surface area contributed by atoms with Crippen molar-refractivity contribution in [2.24, 2.45) is 0 Å². The highest BCUT2D eigenvalue weighted by Crippen LogP contribution is 2.37. The summed E-state index contributed by atoms with van der Waals surface area (Å²) < 4.78 is 19.3. The number of benzene rings is 1. The van der Waals surface area contributed by atoms with Gasteiger partial charge in [0, 0.05) is 31.3 Å². The van der Waals surface area contributed by atoms with Gasteiger partial charge >= 0.3 is 0 Å². The van der Waals surface area contributed by atoms with Crippen molar-refractivity contribution in [3.63, 3.8) is 0 Å². The molecule has 3 rings (SSSR count). The summed E-state index contributed by atoms with van der Waals surface area (Å²) in [5.41, 5.74) is 0.480. The standard InChI is InChI=1S/C20H29FN2O2/c1-3-22(4-2)18-9-14-25-20(15-18)10-12-23(13-11-20)19(24)16-5-7-17(21)8-6-16/h5-8,18H,3-4,9-15H2,1-2H3. The molecular weight excluding hydrogens is 319 g/mol. The van der Waals surface area contributed by atoms with E-state index in [1.54, 1.807) is 12.1 Å². The van der Waals surface area contributed by atoms with Crippen LogP contribution in [-0.4, -0.2) is 60.1 Å². The van der Waals surface area contributed by atoms with Crippen LogP contribution in [0.15, 0.2) is 24.3 Å². The van der Waals surface area contributed by atoms with Gasteiger partial charge in [-0.2, -0.15) is 0 Å². The van der Waals surface area contributed by atoms with Crippen LogP contribution in [0.2, 0.25) is 0 Å². The number of nitrogens with zero attached hydrogens (tertiary/aromatic N) is 2. The average Bonchev–Trinajstić information content (AvgIpc) is 2.64. The monoisotopic (exact) mass is 348 g/mol. The SMILES string of the molecule is CCN(CC)C1CCOC2(CCN(C(=O)c3ccc(F)cc3)CC2)C1. The van der Waals surface area contributed by atoms with E-state index >= 15 is 0 Å². The van der Waals surface area contributed by atoms with Crippen molar-refractivity contribution in [1.29, 1.82) is 0 Å². The fourth-order valence-corrected chi connectivity index (χ4v) is 4.29. The first-order valence-corrected chi connectivity index (χ1v) is 9.50. The molecule has 1 amide bonds. The molecule has 0 N–H and O–H groups in total. The van der Waals surface area contributed by atoms with Gasteiger partial charge < -0.3 is 14.5 Å². The maximum atomic E-state index is 13.0. The zero-order valence-corrected chi connectivity index (χ0v) is 15.3. The van der Waals surface area contributed by atoms with Gasteiger partial charge in [0.05, 0.1) is 5.60 Å². The third-order valence-corrected chi connectivity index (χ3v) is 5.85. The Kier molecular flexibility index (Phi) is 5.74. The van der Waals surface area contributed by atoms with Crippen molar-refractivity contribution >= 4 is 5.91 Å². The predicted octanol–water partition coefficient (Wildman–Crippen LogP) is 3.32. The Balaban J connectivity index is 1.60. The number of rotatable bonds is 4. The van der Waals surface area contributed by atoms with Crippen LogP contribution in [0.1, 0.15) is 49.9 Å². The van der Waals surface area contributed by atoms with E-state index in [9.17, 15) is 9.18 Å².